The summed E-state index contributed by atoms with van der Waals surface area (Å²) in [4.78, 5) is 14.7. The van der Waals surface area contributed by atoms with Crippen molar-refractivity contribution in [2.45, 2.75) is 32.7 Å². The first-order valence-corrected chi connectivity index (χ1v) is 7.09. The minimum Gasteiger partial charge on any atom is -0.493 e. The molecule has 1 aromatic carbocycles. The number of benzene rings is 1. The zero-order chi connectivity index (χ0) is 14.7. The van der Waals surface area contributed by atoms with E-state index >= 15 is 0 Å². The molecular formula is C16H23NO3. The molecule has 0 radical (unpaired) electrons. The van der Waals surface area contributed by atoms with Crippen LogP contribution < -0.4 is 9.47 Å². The Morgan fingerprint density at radius 1 is 1.25 bits per heavy atom. The summed E-state index contributed by atoms with van der Waals surface area (Å²) >= 11 is 0. The lowest BCUT2D eigenvalue weighted by atomic mass is 10.1. The predicted octanol–water partition coefficient (Wildman–Crippen LogP) is 2.96. The fraction of sp³-hybridized carbons (Fsp3) is 0.562. The van der Waals surface area contributed by atoms with Gasteiger partial charge in [0.1, 0.15) is 0 Å². The van der Waals surface area contributed by atoms with Gasteiger partial charge in [-0.3, -0.25) is 4.79 Å². The normalized spacial score (nSPS) is 14.2. The number of amides is 1. The Morgan fingerprint density at radius 3 is 2.40 bits per heavy atom. The van der Waals surface area contributed by atoms with Crippen LogP contribution in [0.5, 0.6) is 11.5 Å². The highest BCUT2D eigenvalue weighted by Gasteiger charge is 2.33. The highest BCUT2D eigenvalue weighted by molar-refractivity contribution is 5.95. The molecule has 20 heavy (non-hydrogen) atoms. The van der Waals surface area contributed by atoms with Crippen LogP contribution in [0.2, 0.25) is 0 Å². The van der Waals surface area contributed by atoms with Crippen molar-refractivity contribution >= 4 is 5.91 Å². The Balaban J connectivity index is 2.22. The van der Waals surface area contributed by atoms with Gasteiger partial charge in [0.05, 0.1) is 14.2 Å². The third-order valence-electron chi connectivity index (χ3n) is 3.44. The lowest BCUT2D eigenvalue weighted by Crippen LogP contribution is -2.36. The number of hydrogen-bond donors (Lipinski definition) is 0. The fourth-order valence-corrected chi connectivity index (χ4v) is 2.31. The summed E-state index contributed by atoms with van der Waals surface area (Å²) in [5.74, 6) is 1.80. The summed E-state index contributed by atoms with van der Waals surface area (Å²) in [6, 6.07) is 5.76. The van der Waals surface area contributed by atoms with Crippen molar-refractivity contribution in [1.82, 2.24) is 4.90 Å². The van der Waals surface area contributed by atoms with Crippen LogP contribution in [0.3, 0.4) is 0 Å². The molecule has 0 spiro atoms. The minimum atomic E-state index is 0.0853. The van der Waals surface area contributed by atoms with Gasteiger partial charge in [0.15, 0.2) is 11.5 Å². The Hall–Kier alpha value is -1.71. The van der Waals surface area contributed by atoms with Crippen molar-refractivity contribution in [2.75, 3.05) is 20.8 Å². The Labute approximate surface area is 120 Å². The average Bonchev–Trinajstić information content (AvgIpc) is 3.27. The van der Waals surface area contributed by atoms with E-state index in [2.05, 4.69) is 13.8 Å². The molecule has 1 aromatic rings. The number of carbonyl (C=O) groups excluding carboxylic acids is 1. The maximum Gasteiger partial charge on any atom is 0.254 e. The predicted molar refractivity (Wildman–Crippen MR) is 78.4 cm³/mol. The number of rotatable bonds is 6. The van der Waals surface area contributed by atoms with E-state index in [1.54, 1.807) is 32.4 Å². The number of nitrogens with zero attached hydrogens (tertiary/aromatic N) is 1. The summed E-state index contributed by atoms with van der Waals surface area (Å²) < 4.78 is 10.5. The summed E-state index contributed by atoms with van der Waals surface area (Å²) in [5, 5.41) is 0. The van der Waals surface area contributed by atoms with E-state index in [0.717, 1.165) is 19.4 Å². The van der Waals surface area contributed by atoms with Crippen LogP contribution >= 0.6 is 0 Å². The van der Waals surface area contributed by atoms with E-state index in [-0.39, 0.29) is 5.91 Å². The van der Waals surface area contributed by atoms with Crippen LogP contribution in [0.1, 0.15) is 37.0 Å². The number of carbonyl (C=O) groups is 1. The molecule has 4 heteroatoms. The van der Waals surface area contributed by atoms with Gasteiger partial charge >= 0.3 is 0 Å². The van der Waals surface area contributed by atoms with E-state index in [9.17, 15) is 4.79 Å². The molecule has 1 aliphatic carbocycles. The smallest absolute Gasteiger partial charge is 0.254 e. The fourth-order valence-electron chi connectivity index (χ4n) is 2.31. The third-order valence-corrected chi connectivity index (χ3v) is 3.44. The largest absolute Gasteiger partial charge is 0.493 e. The minimum absolute atomic E-state index is 0.0853. The van der Waals surface area contributed by atoms with Crippen LogP contribution in [-0.4, -0.2) is 37.6 Å². The molecule has 4 nitrogen and oxygen atoms in total. The van der Waals surface area contributed by atoms with Gasteiger partial charge in [-0.2, -0.15) is 0 Å². The maximum absolute atomic E-state index is 12.7. The SMILES string of the molecule is COc1ccc(C(=O)N(CC(C)C)C2CC2)cc1OC. The van der Waals surface area contributed by atoms with Crippen LogP contribution in [0.15, 0.2) is 18.2 Å². The van der Waals surface area contributed by atoms with Crippen LogP contribution in [-0.2, 0) is 0 Å². The molecule has 0 saturated heterocycles. The van der Waals surface area contributed by atoms with Crippen molar-refractivity contribution in [3.8, 4) is 11.5 Å². The van der Waals surface area contributed by atoms with Crippen molar-refractivity contribution in [2.24, 2.45) is 5.92 Å². The first-order chi connectivity index (χ1) is 9.56. The molecule has 0 aliphatic heterocycles. The molecule has 1 amide bonds. The first kappa shape index (κ1) is 14.7. The van der Waals surface area contributed by atoms with Gasteiger partial charge in [0.2, 0.25) is 0 Å². The lowest BCUT2D eigenvalue weighted by molar-refractivity contribution is 0.0722. The van der Waals surface area contributed by atoms with Crippen molar-refractivity contribution in [3.05, 3.63) is 23.8 Å². The van der Waals surface area contributed by atoms with Gasteiger partial charge < -0.3 is 14.4 Å². The highest BCUT2D eigenvalue weighted by Crippen LogP contribution is 2.32. The standard InChI is InChI=1S/C16H23NO3/c1-11(2)10-17(13-6-7-13)16(18)12-5-8-14(19-3)15(9-12)20-4/h5,8-9,11,13H,6-7,10H2,1-4H3. The molecule has 0 N–H and O–H groups in total. The number of methoxy groups -OCH3 is 2. The van der Waals surface area contributed by atoms with Gasteiger partial charge in [-0.15, -0.1) is 0 Å². The highest BCUT2D eigenvalue weighted by atomic mass is 16.5. The zero-order valence-corrected chi connectivity index (χ0v) is 12.7. The van der Waals surface area contributed by atoms with Crippen molar-refractivity contribution < 1.29 is 14.3 Å². The average molecular weight is 277 g/mol. The maximum atomic E-state index is 12.7. The van der Waals surface area contributed by atoms with E-state index in [0.29, 0.717) is 29.0 Å². The molecule has 0 atom stereocenters. The van der Waals surface area contributed by atoms with Crippen molar-refractivity contribution in [1.29, 1.82) is 0 Å². The van der Waals surface area contributed by atoms with E-state index in [4.69, 9.17) is 9.47 Å². The van der Waals surface area contributed by atoms with Gasteiger partial charge in [-0.25, -0.2) is 0 Å². The molecule has 2 rings (SSSR count). The van der Waals surface area contributed by atoms with Crippen molar-refractivity contribution in [3.63, 3.8) is 0 Å². The van der Waals surface area contributed by atoms with Gasteiger partial charge in [0, 0.05) is 18.2 Å². The van der Waals surface area contributed by atoms with E-state index in [1.165, 1.54) is 0 Å². The number of ether oxygens (including phenoxy) is 2. The third kappa shape index (κ3) is 3.24. The lowest BCUT2D eigenvalue weighted by Gasteiger charge is -2.24. The Bertz CT molecular complexity index is 481. The van der Waals surface area contributed by atoms with Crippen LogP contribution in [0.25, 0.3) is 0 Å². The topological polar surface area (TPSA) is 38.8 Å². The Kier molecular flexibility index (Phi) is 4.53. The molecule has 110 valence electrons. The second kappa shape index (κ2) is 6.16. The van der Waals surface area contributed by atoms with E-state index in [1.807, 2.05) is 4.90 Å². The molecule has 1 aliphatic rings. The molecule has 1 saturated carbocycles. The molecule has 0 bridgehead atoms. The molecular weight excluding hydrogens is 254 g/mol. The molecule has 1 fully saturated rings. The summed E-state index contributed by atoms with van der Waals surface area (Å²) in [6.07, 6.45) is 2.23. The van der Waals surface area contributed by atoms with Gasteiger partial charge in [0.25, 0.3) is 5.91 Å². The quantitative estimate of drug-likeness (QED) is 0.802. The summed E-state index contributed by atoms with van der Waals surface area (Å²) in [7, 11) is 3.17. The number of hydrogen-bond acceptors (Lipinski definition) is 3. The monoisotopic (exact) mass is 277 g/mol. The molecule has 0 aromatic heterocycles. The molecule has 0 unspecified atom stereocenters. The summed E-state index contributed by atoms with van der Waals surface area (Å²) in [5.41, 5.74) is 0.662. The van der Waals surface area contributed by atoms with Crippen LogP contribution in [0.4, 0.5) is 0 Å². The molecule has 0 heterocycles. The second-order valence-electron chi connectivity index (χ2n) is 5.65. The second-order valence-corrected chi connectivity index (χ2v) is 5.65. The van der Waals surface area contributed by atoms with Crippen LogP contribution in [0, 0.1) is 5.92 Å². The Morgan fingerprint density at radius 2 is 1.90 bits per heavy atom. The summed E-state index contributed by atoms with van der Waals surface area (Å²) in [6.45, 7) is 5.08. The van der Waals surface area contributed by atoms with E-state index < -0.39 is 0 Å². The van der Waals surface area contributed by atoms with Gasteiger partial charge in [-0.05, 0) is 37.0 Å². The first-order valence-electron chi connectivity index (χ1n) is 7.09. The zero-order valence-electron chi connectivity index (χ0n) is 12.7. The van der Waals surface area contributed by atoms with Gasteiger partial charge in [-0.1, -0.05) is 13.8 Å².